The van der Waals surface area contributed by atoms with Crippen molar-refractivity contribution in [2.75, 3.05) is 13.1 Å². The molecule has 6 heteroatoms. The molecule has 0 saturated heterocycles. The molecule has 1 amide bonds. The van der Waals surface area contributed by atoms with Crippen LogP contribution in [0.2, 0.25) is 0 Å². The molecule has 1 aromatic carbocycles. The average Bonchev–Trinajstić information content (AvgIpc) is 3.09. The van der Waals surface area contributed by atoms with Gasteiger partial charge in [-0.05, 0) is 35.6 Å². The molecule has 2 aromatic rings. The van der Waals surface area contributed by atoms with Crippen LogP contribution in [0.15, 0.2) is 41.8 Å². The number of hydrogen-bond donors (Lipinski definition) is 1. The topological polar surface area (TPSA) is 66.8 Å². The van der Waals surface area contributed by atoms with E-state index in [1.165, 1.54) is 0 Å². The van der Waals surface area contributed by atoms with Crippen LogP contribution in [0.3, 0.4) is 0 Å². The maximum atomic E-state index is 12.8. The number of thiophene rings is 1. The van der Waals surface area contributed by atoms with E-state index in [-0.39, 0.29) is 24.8 Å². The molecule has 0 aliphatic carbocycles. The third-order valence-corrected chi connectivity index (χ3v) is 4.36. The van der Waals surface area contributed by atoms with Crippen molar-refractivity contribution in [1.29, 1.82) is 0 Å². The third-order valence-electron chi connectivity index (χ3n) is 3.51. The van der Waals surface area contributed by atoms with Gasteiger partial charge in [0, 0.05) is 23.5 Å². The molecule has 1 N–H and O–H groups in total. The lowest BCUT2D eigenvalue weighted by atomic mass is 10.1. The lowest BCUT2D eigenvalue weighted by molar-refractivity contribution is -0.137. The number of benzene rings is 1. The Morgan fingerprint density at radius 1 is 1.24 bits per heavy atom. The fraction of sp³-hybridized carbons (Fsp3) is 0.368. The van der Waals surface area contributed by atoms with E-state index in [2.05, 4.69) is 0 Å². The van der Waals surface area contributed by atoms with Gasteiger partial charge >= 0.3 is 5.97 Å². The summed E-state index contributed by atoms with van der Waals surface area (Å²) < 4.78 is 5.75. The summed E-state index contributed by atoms with van der Waals surface area (Å²) in [6.07, 6.45) is -0.0625. The number of carbonyl (C=O) groups excluding carboxylic acids is 1. The predicted octanol–water partition coefficient (Wildman–Crippen LogP) is 3.90. The summed E-state index contributed by atoms with van der Waals surface area (Å²) in [7, 11) is 0. The van der Waals surface area contributed by atoms with Crippen LogP contribution in [-0.4, -0.2) is 35.0 Å². The Labute approximate surface area is 151 Å². The van der Waals surface area contributed by atoms with Gasteiger partial charge in [-0.1, -0.05) is 26.0 Å². The van der Waals surface area contributed by atoms with Crippen LogP contribution < -0.4 is 4.74 Å². The molecule has 0 aliphatic rings. The van der Waals surface area contributed by atoms with E-state index in [0.29, 0.717) is 24.5 Å². The Morgan fingerprint density at radius 3 is 2.68 bits per heavy atom. The monoisotopic (exact) mass is 361 g/mol. The van der Waals surface area contributed by atoms with Gasteiger partial charge in [0.15, 0.2) is 0 Å². The van der Waals surface area contributed by atoms with Gasteiger partial charge in [-0.2, -0.15) is 0 Å². The Balaban J connectivity index is 2.07. The van der Waals surface area contributed by atoms with Gasteiger partial charge in [0.2, 0.25) is 0 Å². The van der Waals surface area contributed by atoms with E-state index in [1.807, 2.05) is 37.4 Å². The summed E-state index contributed by atoms with van der Waals surface area (Å²) in [5.74, 6) is -0.191. The highest BCUT2D eigenvalue weighted by Gasteiger charge is 2.18. The lowest BCUT2D eigenvalue weighted by Gasteiger charge is -2.24. The predicted molar refractivity (Wildman–Crippen MR) is 98.1 cm³/mol. The number of rotatable bonds is 9. The van der Waals surface area contributed by atoms with Gasteiger partial charge in [-0.3, -0.25) is 9.59 Å². The van der Waals surface area contributed by atoms with Gasteiger partial charge in [-0.15, -0.1) is 11.3 Å². The smallest absolute Gasteiger partial charge is 0.305 e. The number of amides is 1. The second-order valence-electron chi connectivity index (χ2n) is 6.18. The number of hydrogen-bond acceptors (Lipinski definition) is 4. The second-order valence-corrected chi connectivity index (χ2v) is 7.22. The minimum atomic E-state index is -0.908. The summed E-state index contributed by atoms with van der Waals surface area (Å²) in [6, 6.07) is 11.0. The summed E-state index contributed by atoms with van der Waals surface area (Å²) in [4.78, 5) is 26.3. The number of aliphatic carboxylic acids is 1. The first-order valence-corrected chi connectivity index (χ1v) is 9.10. The Bertz CT molecular complexity index is 697. The molecule has 2 rings (SSSR count). The molecular weight excluding hydrogens is 338 g/mol. The normalized spacial score (nSPS) is 10.7. The van der Waals surface area contributed by atoms with Crippen molar-refractivity contribution in [3.05, 3.63) is 52.2 Å². The van der Waals surface area contributed by atoms with Crippen LogP contribution in [0.1, 0.15) is 35.5 Å². The molecule has 0 aliphatic heterocycles. The fourth-order valence-electron chi connectivity index (χ4n) is 2.40. The van der Waals surface area contributed by atoms with Crippen molar-refractivity contribution < 1.29 is 19.4 Å². The summed E-state index contributed by atoms with van der Waals surface area (Å²) in [5, 5.41) is 10.9. The van der Waals surface area contributed by atoms with Crippen molar-refractivity contribution in [3.8, 4) is 5.75 Å². The van der Waals surface area contributed by atoms with Crippen molar-refractivity contribution in [2.24, 2.45) is 5.92 Å². The van der Waals surface area contributed by atoms with Crippen molar-refractivity contribution in [1.82, 2.24) is 4.90 Å². The first-order chi connectivity index (χ1) is 12.0. The molecule has 1 heterocycles. The molecule has 0 unspecified atom stereocenters. The fourth-order valence-corrected chi connectivity index (χ4v) is 3.01. The zero-order valence-electron chi connectivity index (χ0n) is 14.5. The maximum absolute atomic E-state index is 12.8. The van der Waals surface area contributed by atoms with Gasteiger partial charge < -0.3 is 14.7 Å². The van der Waals surface area contributed by atoms with Crippen molar-refractivity contribution >= 4 is 23.2 Å². The van der Waals surface area contributed by atoms with Crippen LogP contribution in [0.4, 0.5) is 0 Å². The van der Waals surface area contributed by atoms with Gasteiger partial charge in [0.05, 0.1) is 6.42 Å². The third kappa shape index (κ3) is 6.23. The molecule has 5 nitrogen and oxygen atoms in total. The molecule has 25 heavy (non-hydrogen) atoms. The zero-order chi connectivity index (χ0) is 18.2. The summed E-state index contributed by atoms with van der Waals surface area (Å²) in [6.45, 7) is 5.19. The van der Waals surface area contributed by atoms with Crippen LogP contribution in [-0.2, 0) is 11.4 Å². The maximum Gasteiger partial charge on any atom is 0.305 e. The highest BCUT2D eigenvalue weighted by atomic mass is 32.1. The molecule has 0 fully saturated rings. The quantitative estimate of drug-likeness (QED) is 0.735. The van der Waals surface area contributed by atoms with Crippen molar-refractivity contribution in [3.63, 3.8) is 0 Å². The first kappa shape index (κ1) is 19.0. The van der Waals surface area contributed by atoms with E-state index < -0.39 is 5.97 Å². The number of carboxylic acid groups (broad SMARTS) is 1. The molecule has 0 spiro atoms. The second kappa shape index (κ2) is 9.22. The molecule has 1 aromatic heterocycles. The molecule has 0 saturated carbocycles. The first-order valence-electron chi connectivity index (χ1n) is 8.22. The standard InChI is InChI=1S/C19H23NO4S/c1-14(2)12-20(9-8-18(21)22)19(23)15-5-3-6-16(11-15)24-13-17-7-4-10-25-17/h3-7,10-11,14H,8-9,12-13H2,1-2H3,(H,21,22). The van der Waals surface area contributed by atoms with Crippen LogP contribution in [0.25, 0.3) is 0 Å². The van der Waals surface area contributed by atoms with Gasteiger partial charge in [0.1, 0.15) is 12.4 Å². The number of carboxylic acids is 1. The van der Waals surface area contributed by atoms with E-state index in [4.69, 9.17) is 9.84 Å². The van der Waals surface area contributed by atoms with E-state index in [1.54, 1.807) is 34.4 Å². The molecule has 0 bridgehead atoms. The van der Waals surface area contributed by atoms with Gasteiger partial charge in [0.25, 0.3) is 5.91 Å². The highest BCUT2D eigenvalue weighted by molar-refractivity contribution is 7.09. The molecule has 0 radical (unpaired) electrons. The average molecular weight is 361 g/mol. The lowest BCUT2D eigenvalue weighted by Crippen LogP contribution is -2.36. The SMILES string of the molecule is CC(C)CN(CCC(=O)O)C(=O)c1cccc(OCc2cccs2)c1. The number of nitrogens with zero attached hydrogens (tertiary/aromatic N) is 1. The van der Waals surface area contributed by atoms with Gasteiger partial charge in [-0.25, -0.2) is 0 Å². The summed E-state index contributed by atoms with van der Waals surface area (Å²) >= 11 is 1.62. The summed E-state index contributed by atoms with van der Waals surface area (Å²) in [5.41, 5.74) is 0.509. The Kier molecular flexibility index (Phi) is 7.01. The Hall–Kier alpha value is -2.34. The van der Waals surface area contributed by atoms with Crippen LogP contribution >= 0.6 is 11.3 Å². The molecule has 134 valence electrons. The molecule has 0 atom stereocenters. The van der Waals surface area contributed by atoms with Crippen molar-refractivity contribution in [2.45, 2.75) is 26.9 Å². The van der Waals surface area contributed by atoms with Crippen LogP contribution in [0, 0.1) is 5.92 Å². The minimum Gasteiger partial charge on any atom is -0.488 e. The van der Waals surface area contributed by atoms with E-state index >= 15 is 0 Å². The highest BCUT2D eigenvalue weighted by Crippen LogP contribution is 2.19. The van der Waals surface area contributed by atoms with Crippen LogP contribution in [0.5, 0.6) is 5.75 Å². The zero-order valence-corrected chi connectivity index (χ0v) is 15.3. The Morgan fingerprint density at radius 2 is 2.04 bits per heavy atom. The number of carbonyl (C=O) groups is 2. The number of ether oxygens (including phenoxy) is 1. The van der Waals surface area contributed by atoms with E-state index in [9.17, 15) is 9.59 Å². The largest absolute Gasteiger partial charge is 0.488 e. The molecular formula is C19H23NO4S. The van der Waals surface area contributed by atoms with E-state index in [0.717, 1.165) is 4.88 Å². The minimum absolute atomic E-state index is 0.0625.